The zero-order chi connectivity index (χ0) is 17.2. The predicted octanol–water partition coefficient (Wildman–Crippen LogP) is 4.28. The van der Waals surface area contributed by atoms with Gasteiger partial charge in [-0.25, -0.2) is 10.5 Å². The van der Waals surface area contributed by atoms with Crippen molar-refractivity contribution in [3.63, 3.8) is 0 Å². The van der Waals surface area contributed by atoms with Gasteiger partial charge in [-0.1, -0.05) is 42.5 Å². The van der Waals surface area contributed by atoms with Crippen LogP contribution in [-0.4, -0.2) is 16.1 Å². The molecule has 1 heterocycles. The lowest BCUT2D eigenvalue weighted by molar-refractivity contribution is 0.0706. The van der Waals surface area contributed by atoms with Crippen LogP contribution in [0, 0.1) is 0 Å². The standard InChI is InChI=1S/C20H14N2O3/c23-19(22-24)16-10-11-18-17(12-16)21-20(25-18)15-8-6-14(7-9-15)13-4-2-1-3-5-13/h1-12,24H,(H,22,23). The number of benzene rings is 3. The number of rotatable bonds is 3. The summed E-state index contributed by atoms with van der Waals surface area (Å²) in [5.41, 5.74) is 6.17. The Balaban J connectivity index is 1.68. The van der Waals surface area contributed by atoms with E-state index in [9.17, 15) is 4.79 Å². The average Bonchev–Trinajstić information content (AvgIpc) is 3.11. The highest BCUT2D eigenvalue weighted by Gasteiger charge is 2.11. The molecule has 122 valence electrons. The minimum absolute atomic E-state index is 0.314. The fourth-order valence-corrected chi connectivity index (χ4v) is 2.69. The molecule has 2 N–H and O–H groups in total. The highest BCUT2D eigenvalue weighted by atomic mass is 16.5. The Morgan fingerprint density at radius 1 is 0.880 bits per heavy atom. The molecule has 0 aliphatic rings. The third-order valence-corrected chi connectivity index (χ3v) is 3.99. The molecule has 0 radical (unpaired) electrons. The summed E-state index contributed by atoms with van der Waals surface area (Å²) in [4.78, 5) is 15.9. The fraction of sp³-hybridized carbons (Fsp3) is 0. The number of nitrogens with zero attached hydrogens (tertiary/aromatic N) is 1. The molecule has 1 amide bonds. The summed E-state index contributed by atoms with van der Waals surface area (Å²) in [6, 6.07) is 22.9. The van der Waals surface area contributed by atoms with Crippen LogP contribution in [-0.2, 0) is 0 Å². The van der Waals surface area contributed by atoms with E-state index in [1.807, 2.05) is 42.5 Å². The van der Waals surface area contributed by atoms with Crippen molar-refractivity contribution in [1.29, 1.82) is 0 Å². The Morgan fingerprint density at radius 3 is 2.28 bits per heavy atom. The molecule has 4 rings (SSSR count). The van der Waals surface area contributed by atoms with Gasteiger partial charge in [-0.3, -0.25) is 10.0 Å². The summed E-state index contributed by atoms with van der Waals surface area (Å²) >= 11 is 0. The van der Waals surface area contributed by atoms with E-state index in [4.69, 9.17) is 9.62 Å². The van der Waals surface area contributed by atoms with Crippen molar-refractivity contribution in [3.8, 4) is 22.6 Å². The van der Waals surface area contributed by atoms with E-state index < -0.39 is 5.91 Å². The number of hydrogen-bond acceptors (Lipinski definition) is 4. The van der Waals surface area contributed by atoms with Crippen LogP contribution in [0.25, 0.3) is 33.7 Å². The van der Waals surface area contributed by atoms with Crippen molar-refractivity contribution < 1.29 is 14.4 Å². The molecule has 0 saturated heterocycles. The molecule has 0 aliphatic carbocycles. The van der Waals surface area contributed by atoms with Gasteiger partial charge in [0.2, 0.25) is 5.89 Å². The number of aromatic nitrogens is 1. The third kappa shape index (κ3) is 2.88. The van der Waals surface area contributed by atoms with Gasteiger partial charge >= 0.3 is 0 Å². The van der Waals surface area contributed by atoms with Gasteiger partial charge in [0.1, 0.15) is 5.52 Å². The first-order valence-electron chi connectivity index (χ1n) is 7.75. The van der Waals surface area contributed by atoms with Crippen LogP contribution < -0.4 is 5.48 Å². The van der Waals surface area contributed by atoms with Gasteiger partial charge in [0.15, 0.2) is 5.58 Å². The van der Waals surface area contributed by atoms with Crippen LogP contribution in [0.4, 0.5) is 0 Å². The van der Waals surface area contributed by atoms with Crippen molar-refractivity contribution in [1.82, 2.24) is 10.5 Å². The monoisotopic (exact) mass is 330 g/mol. The SMILES string of the molecule is O=C(NO)c1ccc2oc(-c3ccc(-c4ccccc4)cc3)nc2c1. The Bertz CT molecular complexity index is 1040. The molecule has 3 aromatic carbocycles. The second kappa shape index (κ2) is 6.22. The molecule has 0 bridgehead atoms. The Kier molecular flexibility index (Phi) is 3.76. The molecular formula is C20H14N2O3. The molecule has 0 atom stereocenters. The number of hydrogen-bond donors (Lipinski definition) is 2. The topological polar surface area (TPSA) is 75.4 Å². The van der Waals surface area contributed by atoms with E-state index in [0.29, 0.717) is 22.6 Å². The summed E-state index contributed by atoms with van der Waals surface area (Å²) in [7, 11) is 0. The van der Waals surface area contributed by atoms with Gasteiger partial charge in [-0.05, 0) is 41.5 Å². The normalized spacial score (nSPS) is 10.8. The van der Waals surface area contributed by atoms with Crippen molar-refractivity contribution in [2.45, 2.75) is 0 Å². The van der Waals surface area contributed by atoms with Crippen LogP contribution in [0.3, 0.4) is 0 Å². The summed E-state index contributed by atoms with van der Waals surface area (Å²) in [6.07, 6.45) is 0. The summed E-state index contributed by atoms with van der Waals surface area (Å²) in [5, 5.41) is 8.72. The Labute approximate surface area is 143 Å². The van der Waals surface area contributed by atoms with Crippen molar-refractivity contribution in [3.05, 3.63) is 78.4 Å². The van der Waals surface area contributed by atoms with Crippen LogP contribution in [0.1, 0.15) is 10.4 Å². The molecule has 1 aromatic heterocycles. The Hall–Kier alpha value is -3.44. The fourth-order valence-electron chi connectivity index (χ4n) is 2.69. The number of fused-ring (bicyclic) bond motifs is 1. The lowest BCUT2D eigenvalue weighted by Gasteiger charge is -2.02. The zero-order valence-corrected chi connectivity index (χ0v) is 13.1. The molecule has 0 spiro atoms. The quantitative estimate of drug-likeness (QED) is 0.434. The van der Waals surface area contributed by atoms with Crippen molar-refractivity contribution in [2.75, 3.05) is 0 Å². The molecule has 0 saturated carbocycles. The molecule has 0 aliphatic heterocycles. The predicted molar refractivity (Wildman–Crippen MR) is 94.1 cm³/mol. The lowest BCUT2D eigenvalue weighted by Crippen LogP contribution is -2.18. The van der Waals surface area contributed by atoms with Gasteiger partial charge in [0, 0.05) is 11.1 Å². The average molecular weight is 330 g/mol. The van der Waals surface area contributed by atoms with Gasteiger partial charge in [-0.15, -0.1) is 0 Å². The van der Waals surface area contributed by atoms with Crippen LogP contribution in [0.15, 0.2) is 77.2 Å². The number of oxazole rings is 1. The smallest absolute Gasteiger partial charge is 0.274 e. The zero-order valence-electron chi connectivity index (χ0n) is 13.1. The molecule has 25 heavy (non-hydrogen) atoms. The largest absolute Gasteiger partial charge is 0.436 e. The molecule has 5 heteroatoms. The molecule has 5 nitrogen and oxygen atoms in total. The first-order valence-corrected chi connectivity index (χ1v) is 7.75. The highest BCUT2D eigenvalue weighted by Crippen LogP contribution is 2.27. The van der Waals surface area contributed by atoms with E-state index in [0.717, 1.165) is 16.7 Å². The van der Waals surface area contributed by atoms with Gasteiger partial charge in [0.05, 0.1) is 0 Å². The van der Waals surface area contributed by atoms with E-state index in [1.165, 1.54) is 0 Å². The summed E-state index contributed by atoms with van der Waals surface area (Å²) < 4.78 is 5.76. The number of carbonyl (C=O) groups is 1. The van der Waals surface area contributed by atoms with Gasteiger partial charge in [-0.2, -0.15) is 0 Å². The van der Waals surface area contributed by atoms with E-state index in [-0.39, 0.29) is 0 Å². The first kappa shape index (κ1) is 15.1. The maximum Gasteiger partial charge on any atom is 0.274 e. The van der Waals surface area contributed by atoms with Gasteiger partial charge in [0.25, 0.3) is 5.91 Å². The molecule has 4 aromatic rings. The van der Waals surface area contributed by atoms with Crippen LogP contribution in [0.2, 0.25) is 0 Å². The minimum atomic E-state index is -0.585. The van der Waals surface area contributed by atoms with E-state index in [1.54, 1.807) is 23.7 Å². The summed E-state index contributed by atoms with van der Waals surface area (Å²) in [5.74, 6) is -0.102. The maximum absolute atomic E-state index is 11.5. The molecule has 0 fully saturated rings. The van der Waals surface area contributed by atoms with Gasteiger partial charge < -0.3 is 4.42 Å². The maximum atomic E-state index is 11.5. The summed E-state index contributed by atoms with van der Waals surface area (Å²) in [6.45, 7) is 0. The van der Waals surface area contributed by atoms with Crippen LogP contribution in [0.5, 0.6) is 0 Å². The minimum Gasteiger partial charge on any atom is -0.436 e. The first-order chi connectivity index (χ1) is 12.2. The molecule has 0 unspecified atom stereocenters. The van der Waals surface area contributed by atoms with E-state index in [2.05, 4.69) is 17.1 Å². The third-order valence-electron chi connectivity index (χ3n) is 3.99. The highest BCUT2D eigenvalue weighted by molar-refractivity contribution is 5.96. The second-order valence-corrected chi connectivity index (χ2v) is 5.59. The van der Waals surface area contributed by atoms with E-state index >= 15 is 0 Å². The Morgan fingerprint density at radius 2 is 1.56 bits per heavy atom. The molecular weight excluding hydrogens is 316 g/mol. The number of amides is 1. The van der Waals surface area contributed by atoms with Crippen molar-refractivity contribution in [2.24, 2.45) is 0 Å². The lowest BCUT2D eigenvalue weighted by atomic mass is 10.0. The number of nitrogens with one attached hydrogen (secondary N) is 1. The second-order valence-electron chi connectivity index (χ2n) is 5.59. The van der Waals surface area contributed by atoms with Crippen molar-refractivity contribution >= 4 is 17.0 Å². The number of hydroxylamine groups is 1. The number of carbonyl (C=O) groups excluding carboxylic acids is 1. The van der Waals surface area contributed by atoms with Crippen LogP contribution >= 0.6 is 0 Å².